The Kier molecular flexibility index (Phi) is 9.97. The summed E-state index contributed by atoms with van der Waals surface area (Å²) >= 11 is 0. The van der Waals surface area contributed by atoms with Gasteiger partial charge in [0.05, 0.1) is 0 Å². The molecule has 19 heavy (non-hydrogen) atoms. The molecule has 0 saturated heterocycles. The van der Waals surface area contributed by atoms with E-state index in [0.29, 0.717) is 17.8 Å². The van der Waals surface area contributed by atoms with Crippen LogP contribution in [0.2, 0.25) is 6.04 Å². The van der Waals surface area contributed by atoms with Gasteiger partial charge in [0, 0.05) is 25.9 Å². The molecule has 0 unspecified atom stereocenters. The number of rotatable bonds is 11. The minimum absolute atomic E-state index is 0.508. The first-order chi connectivity index (χ1) is 8.81. The lowest BCUT2D eigenvalue weighted by atomic mass is 10.2. The second-order valence-corrected chi connectivity index (χ2v) is 9.28. The lowest BCUT2D eigenvalue weighted by Crippen LogP contribution is -2.48. The minimum atomic E-state index is -2.48. The van der Waals surface area contributed by atoms with E-state index in [0.717, 1.165) is 32.3 Å². The Morgan fingerprint density at radius 2 is 1.00 bits per heavy atom. The average Bonchev–Trinajstić information content (AvgIpc) is 2.31. The average molecular weight is 291 g/mol. The van der Waals surface area contributed by atoms with E-state index in [1.165, 1.54) is 0 Å². The molecule has 0 aliphatic rings. The molecular weight excluding hydrogens is 256 g/mol. The third-order valence-electron chi connectivity index (χ3n) is 2.47. The molecule has 0 saturated carbocycles. The monoisotopic (exact) mass is 290 g/mol. The second-order valence-electron chi connectivity index (χ2n) is 6.55. The quantitative estimate of drug-likeness (QED) is 0.529. The highest BCUT2D eigenvalue weighted by atomic mass is 28.4. The van der Waals surface area contributed by atoms with Crippen LogP contribution in [0.4, 0.5) is 0 Å². The Balaban J connectivity index is 4.65. The van der Waals surface area contributed by atoms with Gasteiger partial charge in [0.2, 0.25) is 0 Å². The predicted octanol–water partition coefficient (Wildman–Crippen LogP) is 4.35. The van der Waals surface area contributed by atoms with Crippen molar-refractivity contribution in [2.75, 3.05) is 19.8 Å². The molecule has 0 spiro atoms. The van der Waals surface area contributed by atoms with Crippen LogP contribution in [0, 0.1) is 17.8 Å². The van der Waals surface area contributed by atoms with Crippen molar-refractivity contribution in [2.45, 2.75) is 60.9 Å². The summed E-state index contributed by atoms with van der Waals surface area (Å²) in [7, 11) is -2.48. The van der Waals surface area contributed by atoms with Crippen LogP contribution in [0.1, 0.15) is 54.9 Å². The molecule has 0 amide bonds. The first-order valence-electron chi connectivity index (χ1n) is 7.73. The van der Waals surface area contributed by atoms with Gasteiger partial charge >= 0.3 is 8.80 Å². The topological polar surface area (TPSA) is 27.7 Å². The van der Waals surface area contributed by atoms with Crippen molar-refractivity contribution in [3.8, 4) is 0 Å². The zero-order valence-electron chi connectivity index (χ0n) is 14.0. The largest absolute Gasteiger partial charge is 0.500 e. The highest BCUT2D eigenvalue weighted by molar-refractivity contribution is 6.60. The van der Waals surface area contributed by atoms with Crippen molar-refractivity contribution in [1.29, 1.82) is 0 Å². The Morgan fingerprint density at radius 1 is 0.684 bits per heavy atom. The van der Waals surface area contributed by atoms with Crippen LogP contribution in [-0.2, 0) is 13.3 Å². The zero-order valence-corrected chi connectivity index (χ0v) is 15.0. The lowest BCUT2D eigenvalue weighted by Gasteiger charge is -2.31. The van der Waals surface area contributed by atoms with Crippen LogP contribution in [0.5, 0.6) is 0 Å². The van der Waals surface area contributed by atoms with Crippen LogP contribution >= 0.6 is 0 Å². The van der Waals surface area contributed by atoms with Gasteiger partial charge in [-0.2, -0.15) is 0 Å². The summed E-state index contributed by atoms with van der Waals surface area (Å²) in [5.74, 6) is 1.53. The van der Waals surface area contributed by atoms with E-state index in [2.05, 4.69) is 48.5 Å². The molecule has 0 aliphatic carbocycles. The van der Waals surface area contributed by atoms with Gasteiger partial charge in [-0.25, -0.2) is 0 Å². The summed E-state index contributed by atoms with van der Waals surface area (Å²) in [6, 6.07) is 0.916. The Morgan fingerprint density at radius 3 is 1.21 bits per heavy atom. The number of hydrogen-bond acceptors (Lipinski definition) is 3. The predicted molar refractivity (Wildman–Crippen MR) is 83.2 cm³/mol. The SMILES string of the molecule is CCC[Si](OCC(C)C)(OCC(C)C)OCC(C)C. The van der Waals surface area contributed by atoms with Crippen LogP contribution in [0.15, 0.2) is 0 Å². The van der Waals surface area contributed by atoms with Crippen molar-refractivity contribution in [1.82, 2.24) is 0 Å². The summed E-state index contributed by atoms with van der Waals surface area (Å²) in [5.41, 5.74) is 0. The molecule has 3 nitrogen and oxygen atoms in total. The minimum Gasteiger partial charge on any atom is -0.373 e. The maximum Gasteiger partial charge on any atom is 0.500 e. The van der Waals surface area contributed by atoms with E-state index >= 15 is 0 Å². The molecule has 0 radical (unpaired) electrons. The third kappa shape index (κ3) is 9.60. The van der Waals surface area contributed by atoms with Gasteiger partial charge in [0.1, 0.15) is 0 Å². The number of hydrogen-bond donors (Lipinski definition) is 0. The maximum atomic E-state index is 6.13. The fourth-order valence-electron chi connectivity index (χ4n) is 1.53. The van der Waals surface area contributed by atoms with Crippen LogP contribution in [-0.4, -0.2) is 28.6 Å². The second kappa shape index (κ2) is 9.92. The van der Waals surface area contributed by atoms with Gasteiger partial charge in [-0.05, 0) is 17.8 Å². The van der Waals surface area contributed by atoms with Gasteiger partial charge in [-0.1, -0.05) is 54.9 Å². The summed E-state index contributed by atoms with van der Waals surface area (Å²) in [6.45, 7) is 17.3. The molecule has 0 N–H and O–H groups in total. The Labute approximate surface area is 121 Å². The molecule has 0 aromatic heterocycles. The van der Waals surface area contributed by atoms with Gasteiger partial charge < -0.3 is 13.3 Å². The zero-order chi connectivity index (χ0) is 14.9. The molecule has 0 aliphatic heterocycles. The van der Waals surface area contributed by atoms with Crippen LogP contribution in [0.25, 0.3) is 0 Å². The Bertz CT molecular complexity index is 186. The molecule has 0 aromatic rings. The van der Waals surface area contributed by atoms with Crippen LogP contribution < -0.4 is 0 Å². The van der Waals surface area contributed by atoms with Crippen molar-refractivity contribution in [3.63, 3.8) is 0 Å². The van der Waals surface area contributed by atoms with Gasteiger partial charge in [-0.3, -0.25) is 0 Å². The fourth-order valence-corrected chi connectivity index (χ4v) is 4.59. The van der Waals surface area contributed by atoms with Crippen LogP contribution in [0.3, 0.4) is 0 Å². The highest BCUT2D eigenvalue weighted by Crippen LogP contribution is 2.21. The highest BCUT2D eigenvalue weighted by Gasteiger charge is 2.40. The van der Waals surface area contributed by atoms with E-state index in [-0.39, 0.29) is 0 Å². The molecule has 0 atom stereocenters. The normalized spacial score (nSPS) is 12.9. The summed E-state index contributed by atoms with van der Waals surface area (Å²) in [5, 5.41) is 0. The molecule has 0 heterocycles. The molecule has 116 valence electrons. The van der Waals surface area contributed by atoms with Gasteiger partial charge in [-0.15, -0.1) is 0 Å². The molecular formula is C15H34O3Si. The van der Waals surface area contributed by atoms with Gasteiger partial charge in [0.15, 0.2) is 0 Å². The van der Waals surface area contributed by atoms with E-state index in [1.54, 1.807) is 0 Å². The van der Waals surface area contributed by atoms with E-state index in [1.807, 2.05) is 0 Å². The first kappa shape index (κ1) is 19.1. The standard InChI is InChI=1S/C15H34O3Si/c1-8-9-19(16-10-13(2)3,17-11-14(4)5)18-12-15(6)7/h13-15H,8-12H2,1-7H3. The fraction of sp³-hybridized carbons (Fsp3) is 1.00. The molecule has 0 aromatic carbocycles. The third-order valence-corrected chi connectivity index (χ3v) is 5.40. The summed E-state index contributed by atoms with van der Waals surface area (Å²) in [6.07, 6.45) is 1.04. The van der Waals surface area contributed by atoms with E-state index in [9.17, 15) is 0 Å². The maximum absolute atomic E-state index is 6.13. The Hall–Kier alpha value is 0.0969. The molecule has 4 heteroatoms. The molecule has 0 fully saturated rings. The van der Waals surface area contributed by atoms with E-state index < -0.39 is 8.80 Å². The van der Waals surface area contributed by atoms with Crippen molar-refractivity contribution in [3.05, 3.63) is 0 Å². The lowest BCUT2D eigenvalue weighted by molar-refractivity contribution is 0.0366. The van der Waals surface area contributed by atoms with Crippen molar-refractivity contribution < 1.29 is 13.3 Å². The van der Waals surface area contributed by atoms with Crippen molar-refractivity contribution in [2.24, 2.45) is 17.8 Å². The summed E-state index contributed by atoms with van der Waals surface area (Å²) < 4.78 is 18.4. The first-order valence-corrected chi connectivity index (χ1v) is 9.66. The van der Waals surface area contributed by atoms with Gasteiger partial charge in [0.25, 0.3) is 0 Å². The molecule has 0 bridgehead atoms. The van der Waals surface area contributed by atoms with E-state index in [4.69, 9.17) is 13.3 Å². The molecule has 0 rings (SSSR count). The summed E-state index contributed by atoms with van der Waals surface area (Å²) in [4.78, 5) is 0. The van der Waals surface area contributed by atoms with Crippen molar-refractivity contribution >= 4 is 8.80 Å². The smallest absolute Gasteiger partial charge is 0.373 e.